The Kier molecular flexibility index (Phi) is 8.05. The summed E-state index contributed by atoms with van der Waals surface area (Å²) in [6.07, 6.45) is 3.31. The Morgan fingerprint density at radius 2 is 2.17 bits per heavy atom. The molecule has 2 amide bonds. The zero-order valence-electron chi connectivity index (χ0n) is 14.9. The van der Waals surface area contributed by atoms with Crippen LogP contribution in [0.5, 0.6) is 0 Å². The van der Waals surface area contributed by atoms with Gasteiger partial charge in [-0.15, -0.1) is 0 Å². The van der Waals surface area contributed by atoms with E-state index in [-0.39, 0.29) is 18.2 Å². The zero-order valence-corrected chi connectivity index (χ0v) is 14.9. The van der Waals surface area contributed by atoms with Crippen LogP contribution >= 0.6 is 0 Å². The van der Waals surface area contributed by atoms with E-state index in [4.69, 9.17) is 9.47 Å². The molecule has 0 bridgehead atoms. The summed E-state index contributed by atoms with van der Waals surface area (Å²) in [5.74, 6) is 0. The van der Waals surface area contributed by atoms with Crippen molar-refractivity contribution in [1.29, 1.82) is 0 Å². The summed E-state index contributed by atoms with van der Waals surface area (Å²) < 4.78 is 11.1. The molecule has 134 valence electrons. The van der Waals surface area contributed by atoms with Crippen LogP contribution in [0.15, 0.2) is 30.3 Å². The average molecular weight is 334 g/mol. The largest absolute Gasteiger partial charge is 0.379 e. The Morgan fingerprint density at radius 1 is 1.38 bits per heavy atom. The summed E-state index contributed by atoms with van der Waals surface area (Å²) in [6, 6.07) is 10.2. The van der Waals surface area contributed by atoms with Gasteiger partial charge in [0.15, 0.2) is 0 Å². The summed E-state index contributed by atoms with van der Waals surface area (Å²) >= 11 is 0. The Balaban J connectivity index is 1.63. The van der Waals surface area contributed by atoms with Crippen LogP contribution in [0, 0.1) is 0 Å². The number of urea groups is 1. The van der Waals surface area contributed by atoms with Crippen LogP contribution in [0.3, 0.4) is 0 Å². The van der Waals surface area contributed by atoms with E-state index in [9.17, 15) is 4.79 Å². The fourth-order valence-electron chi connectivity index (χ4n) is 2.73. The number of nitrogens with zero attached hydrogens (tertiary/aromatic N) is 1. The minimum atomic E-state index is -0.0204. The quantitative estimate of drug-likeness (QED) is 0.706. The molecule has 1 saturated heterocycles. The van der Waals surface area contributed by atoms with Crippen molar-refractivity contribution >= 4 is 6.03 Å². The van der Waals surface area contributed by atoms with Gasteiger partial charge in [0.05, 0.1) is 12.7 Å². The molecule has 0 radical (unpaired) electrons. The number of ether oxygens (including phenoxy) is 2. The Hall–Kier alpha value is -1.59. The number of hydrogen-bond acceptors (Lipinski definition) is 3. The van der Waals surface area contributed by atoms with Crippen LogP contribution in [0.2, 0.25) is 0 Å². The monoisotopic (exact) mass is 334 g/mol. The second-order valence-corrected chi connectivity index (χ2v) is 6.50. The van der Waals surface area contributed by atoms with Crippen molar-refractivity contribution in [2.24, 2.45) is 0 Å². The van der Waals surface area contributed by atoms with Crippen LogP contribution in [0.4, 0.5) is 4.79 Å². The molecule has 1 N–H and O–H groups in total. The number of nitrogens with one attached hydrogen (secondary N) is 1. The minimum Gasteiger partial charge on any atom is -0.379 e. The molecule has 1 unspecified atom stereocenters. The maximum absolute atomic E-state index is 12.4. The average Bonchev–Trinajstić information content (AvgIpc) is 3.09. The summed E-state index contributed by atoms with van der Waals surface area (Å²) in [7, 11) is 0. The van der Waals surface area contributed by atoms with Crippen molar-refractivity contribution < 1.29 is 14.3 Å². The summed E-state index contributed by atoms with van der Waals surface area (Å²) in [5, 5.41) is 2.99. The highest BCUT2D eigenvalue weighted by atomic mass is 16.5. The lowest BCUT2D eigenvalue weighted by molar-refractivity contribution is 0.0167. The van der Waals surface area contributed by atoms with E-state index in [2.05, 4.69) is 5.32 Å². The molecule has 24 heavy (non-hydrogen) atoms. The highest BCUT2D eigenvalue weighted by Crippen LogP contribution is 2.12. The molecule has 1 aromatic carbocycles. The predicted molar refractivity (Wildman–Crippen MR) is 94.9 cm³/mol. The first-order valence-electron chi connectivity index (χ1n) is 8.94. The smallest absolute Gasteiger partial charge is 0.317 e. The van der Waals surface area contributed by atoms with Crippen LogP contribution < -0.4 is 5.32 Å². The van der Waals surface area contributed by atoms with Gasteiger partial charge in [-0.1, -0.05) is 30.3 Å². The zero-order chi connectivity index (χ0) is 17.2. The van der Waals surface area contributed by atoms with Crippen molar-refractivity contribution in [3.63, 3.8) is 0 Å². The topological polar surface area (TPSA) is 50.8 Å². The van der Waals surface area contributed by atoms with Gasteiger partial charge < -0.3 is 19.7 Å². The Bertz CT molecular complexity index is 473. The van der Waals surface area contributed by atoms with Crippen molar-refractivity contribution in [2.75, 3.05) is 26.4 Å². The Labute approximate surface area is 145 Å². The first-order valence-corrected chi connectivity index (χ1v) is 8.94. The second kappa shape index (κ2) is 10.3. The minimum absolute atomic E-state index is 0.0204. The lowest BCUT2D eigenvalue weighted by atomic mass is 10.2. The van der Waals surface area contributed by atoms with E-state index in [0.717, 1.165) is 31.4 Å². The maximum atomic E-state index is 12.4. The van der Waals surface area contributed by atoms with Gasteiger partial charge in [-0.3, -0.25) is 0 Å². The van der Waals surface area contributed by atoms with Crippen LogP contribution in [0.1, 0.15) is 38.7 Å². The number of benzene rings is 1. The molecule has 5 heteroatoms. The first kappa shape index (κ1) is 18.7. The van der Waals surface area contributed by atoms with Crippen LogP contribution in [-0.2, 0) is 16.0 Å². The normalized spacial score (nSPS) is 17.2. The summed E-state index contributed by atoms with van der Waals surface area (Å²) in [4.78, 5) is 14.2. The predicted octanol–water partition coefficient (Wildman–Crippen LogP) is 3.19. The fourth-order valence-corrected chi connectivity index (χ4v) is 2.73. The van der Waals surface area contributed by atoms with E-state index in [1.165, 1.54) is 0 Å². The molecule has 1 atom stereocenters. The summed E-state index contributed by atoms with van der Waals surface area (Å²) in [5.41, 5.74) is 1.14. The van der Waals surface area contributed by atoms with Crippen LogP contribution in [-0.4, -0.2) is 49.4 Å². The van der Waals surface area contributed by atoms with Gasteiger partial charge >= 0.3 is 6.03 Å². The highest BCUT2D eigenvalue weighted by Gasteiger charge is 2.17. The highest BCUT2D eigenvalue weighted by molar-refractivity contribution is 5.74. The molecular formula is C19H30N2O3. The second-order valence-electron chi connectivity index (χ2n) is 6.50. The van der Waals surface area contributed by atoms with Gasteiger partial charge in [-0.25, -0.2) is 4.79 Å². The van der Waals surface area contributed by atoms with Gasteiger partial charge in [0.2, 0.25) is 0 Å². The van der Waals surface area contributed by atoms with Gasteiger partial charge in [-0.05, 0) is 38.7 Å². The van der Waals surface area contributed by atoms with Crippen molar-refractivity contribution in [3.05, 3.63) is 35.9 Å². The molecule has 1 fully saturated rings. The van der Waals surface area contributed by atoms with E-state index in [0.29, 0.717) is 26.3 Å². The SMILES string of the molecule is CC(C)N(Cc1ccccc1)C(=O)NCCCOCC1CCCO1. The van der Waals surface area contributed by atoms with Gasteiger partial charge in [-0.2, -0.15) is 0 Å². The maximum Gasteiger partial charge on any atom is 0.317 e. The number of amides is 2. The molecule has 1 heterocycles. The molecular weight excluding hydrogens is 304 g/mol. The number of carbonyl (C=O) groups is 1. The van der Waals surface area contributed by atoms with Gasteiger partial charge in [0.1, 0.15) is 0 Å². The Morgan fingerprint density at radius 3 is 2.83 bits per heavy atom. The van der Waals surface area contributed by atoms with Crippen molar-refractivity contribution in [2.45, 2.75) is 51.8 Å². The third-order valence-corrected chi connectivity index (χ3v) is 4.15. The molecule has 1 aliphatic heterocycles. The first-order chi connectivity index (χ1) is 11.7. The summed E-state index contributed by atoms with van der Waals surface area (Å²) in [6.45, 7) is 7.50. The van der Waals surface area contributed by atoms with E-state index in [1.807, 2.05) is 49.1 Å². The van der Waals surface area contributed by atoms with E-state index < -0.39 is 0 Å². The third kappa shape index (κ3) is 6.49. The molecule has 0 aliphatic carbocycles. The van der Waals surface area contributed by atoms with Crippen LogP contribution in [0.25, 0.3) is 0 Å². The van der Waals surface area contributed by atoms with Crippen molar-refractivity contribution in [1.82, 2.24) is 10.2 Å². The number of rotatable bonds is 9. The van der Waals surface area contributed by atoms with E-state index in [1.54, 1.807) is 0 Å². The standard InChI is InChI=1S/C19H30N2O3/c1-16(2)21(14-17-8-4-3-5-9-17)19(22)20-11-7-12-23-15-18-10-6-13-24-18/h3-5,8-9,16,18H,6-7,10-15H2,1-2H3,(H,20,22). The van der Waals surface area contributed by atoms with Gasteiger partial charge in [0, 0.05) is 32.3 Å². The van der Waals surface area contributed by atoms with E-state index >= 15 is 0 Å². The molecule has 0 aromatic heterocycles. The molecule has 1 aromatic rings. The van der Waals surface area contributed by atoms with Gasteiger partial charge in [0.25, 0.3) is 0 Å². The number of carbonyl (C=O) groups excluding carboxylic acids is 1. The molecule has 0 spiro atoms. The lowest BCUT2D eigenvalue weighted by Crippen LogP contribution is -2.43. The molecule has 0 saturated carbocycles. The molecule has 2 rings (SSSR count). The molecule has 1 aliphatic rings. The number of hydrogen-bond donors (Lipinski definition) is 1. The molecule has 5 nitrogen and oxygen atoms in total. The third-order valence-electron chi connectivity index (χ3n) is 4.15. The lowest BCUT2D eigenvalue weighted by Gasteiger charge is -2.27. The van der Waals surface area contributed by atoms with Crippen molar-refractivity contribution in [3.8, 4) is 0 Å². The fraction of sp³-hybridized carbons (Fsp3) is 0.632.